The van der Waals surface area contributed by atoms with Crippen LogP contribution in [0.3, 0.4) is 0 Å². The Hall–Kier alpha value is -4.79. The average Bonchev–Trinajstić information content (AvgIpc) is 3.93. The summed E-state index contributed by atoms with van der Waals surface area (Å²) >= 11 is 7.78. The molecule has 2 N–H and O–H groups in total. The number of nitriles is 1. The summed E-state index contributed by atoms with van der Waals surface area (Å²) in [6.07, 6.45) is 3.62. The molecule has 5 aromatic rings. The minimum atomic E-state index is -0.969. The van der Waals surface area contributed by atoms with E-state index in [1.165, 1.54) is 18.5 Å². The number of anilines is 2. The van der Waals surface area contributed by atoms with E-state index in [1.807, 2.05) is 11.0 Å². The highest BCUT2D eigenvalue weighted by Gasteiger charge is 2.53. The van der Waals surface area contributed by atoms with Crippen LogP contribution < -0.4 is 15.4 Å². The Morgan fingerprint density at radius 1 is 1.20 bits per heavy atom. The minimum absolute atomic E-state index is 0.00596. The minimum Gasteiger partial charge on any atom is -0.461 e. The highest BCUT2D eigenvalue weighted by molar-refractivity contribution is 7.23. The number of tetrazole rings is 1. The van der Waals surface area contributed by atoms with Crippen molar-refractivity contribution in [3.8, 4) is 23.2 Å². The molecular weight excluding hydrogens is 707 g/mol. The van der Waals surface area contributed by atoms with Crippen molar-refractivity contribution in [2.45, 2.75) is 49.4 Å². The quantitative estimate of drug-likeness (QED) is 0.238. The molecule has 4 fully saturated rings. The number of carbonyl (C=O) groups excluding carboxylic acids is 1. The van der Waals surface area contributed by atoms with Crippen LogP contribution in [0, 0.1) is 23.0 Å². The molecular formula is C33H29ClF3N11O2S. The highest BCUT2D eigenvalue weighted by Crippen LogP contribution is 2.48. The lowest BCUT2D eigenvalue weighted by Gasteiger charge is -2.49. The average molecular weight is 736 g/mol. The fourth-order valence-electron chi connectivity index (χ4n) is 8.54. The number of fused-ring (bicyclic) bond motifs is 3. The molecule has 1 spiro atoms. The lowest BCUT2D eigenvalue weighted by molar-refractivity contribution is 0.0398. The van der Waals surface area contributed by atoms with Crippen LogP contribution in [-0.2, 0) is 0 Å². The number of hydrogen-bond donors (Lipinski definition) is 1. The summed E-state index contributed by atoms with van der Waals surface area (Å²) in [5.74, 6) is -1.05. The number of halogens is 4. The summed E-state index contributed by atoms with van der Waals surface area (Å²) in [7, 11) is 0. The van der Waals surface area contributed by atoms with Gasteiger partial charge in [-0.2, -0.15) is 15.2 Å². The second-order valence-electron chi connectivity index (χ2n) is 13.7. The summed E-state index contributed by atoms with van der Waals surface area (Å²) in [6, 6.07) is 5.70. The first-order valence-electron chi connectivity index (χ1n) is 16.5. The molecule has 7 heterocycles. The Morgan fingerprint density at radius 3 is 2.80 bits per heavy atom. The van der Waals surface area contributed by atoms with E-state index in [2.05, 4.69) is 25.4 Å². The summed E-state index contributed by atoms with van der Waals surface area (Å²) < 4.78 is 54.1. The summed E-state index contributed by atoms with van der Waals surface area (Å²) in [5, 5.41) is 21.4. The number of nitrogens with zero attached hydrogens (tertiary/aromatic N) is 10. The maximum Gasteiger partial charge on any atom is 0.348 e. The van der Waals surface area contributed by atoms with Crippen molar-refractivity contribution in [3.63, 3.8) is 0 Å². The van der Waals surface area contributed by atoms with Crippen molar-refractivity contribution < 1.29 is 22.7 Å². The number of ether oxygens (including phenoxy) is 1. The van der Waals surface area contributed by atoms with Crippen LogP contribution in [0.5, 0.6) is 6.01 Å². The van der Waals surface area contributed by atoms with E-state index < -0.39 is 28.9 Å². The van der Waals surface area contributed by atoms with Gasteiger partial charge < -0.3 is 20.3 Å². The summed E-state index contributed by atoms with van der Waals surface area (Å²) in [5.41, 5.74) is 5.09. The second-order valence-corrected chi connectivity index (χ2v) is 15.2. The van der Waals surface area contributed by atoms with Gasteiger partial charge in [0.2, 0.25) is 0 Å². The monoisotopic (exact) mass is 735 g/mol. The van der Waals surface area contributed by atoms with Gasteiger partial charge in [-0.15, -0.1) is 21.1 Å². The number of nitrogen functional groups attached to an aromatic ring is 1. The fraction of sp³-hybridized carbons (Fsp3) is 0.424. The van der Waals surface area contributed by atoms with Gasteiger partial charge in [0, 0.05) is 48.9 Å². The summed E-state index contributed by atoms with van der Waals surface area (Å²) in [6.45, 7) is 2.61. The SMILES string of the molecule is N#Cc1c(N)sc2c(F)ccc(-c3c(Cl)cc4c(N5CCC6(CCN6C(=O)n6cnnn6)C5)nc(OC[C@@]56CCCN5C[C@H](F)C6)nc4c3F)c12. The molecule has 51 heavy (non-hydrogen) atoms. The smallest absolute Gasteiger partial charge is 0.348 e. The Morgan fingerprint density at radius 2 is 2.04 bits per heavy atom. The van der Waals surface area contributed by atoms with E-state index in [4.69, 9.17) is 27.1 Å². The van der Waals surface area contributed by atoms with Gasteiger partial charge >= 0.3 is 12.0 Å². The molecule has 0 bridgehead atoms. The molecule has 9 rings (SSSR count). The van der Waals surface area contributed by atoms with Crippen LogP contribution in [0.15, 0.2) is 24.5 Å². The van der Waals surface area contributed by atoms with Crippen molar-refractivity contribution in [1.82, 2.24) is 40.0 Å². The topological polar surface area (TPSA) is 155 Å². The number of aromatic nitrogens is 6. The molecule has 1 unspecified atom stereocenters. The predicted octanol–water partition coefficient (Wildman–Crippen LogP) is 5.16. The number of thiophene rings is 1. The van der Waals surface area contributed by atoms with Gasteiger partial charge in [-0.1, -0.05) is 17.7 Å². The van der Waals surface area contributed by atoms with Crippen molar-refractivity contribution in [2.75, 3.05) is 50.0 Å². The molecule has 1 amide bonds. The molecule has 18 heteroatoms. The van der Waals surface area contributed by atoms with Crippen LogP contribution in [0.4, 0.5) is 28.8 Å². The van der Waals surface area contributed by atoms with Gasteiger partial charge in [-0.05, 0) is 60.4 Å². The lowest BCUT2D eigenvalue weighted by atomic mass is 9.84. The van der Waals surface area contributed by atoms with Crippen molar-refractivity contribution >= 4 is 60.8 Å². The van der Waals surface area contributed by atoms with E-state index in [-0.39, 0.29) is 61.0 Å². The lowest BCUT2D eigenvalue weighted by Crippen LogP contribution is -2.64. The first kappa shape index (κ1) is 32.1. The third-order valence-electron chi connectivity index (χ3n) is 11.1. The third-order valence-corrected chi connectivity index (χ3v) is 12.4. The number of alkyl halides is 1. The third kappa shape index (κ3) is 4.83. The van der Waals surface area contributed by atoms with E-state index in [0.717, 1.165) is 41.8 Å². The number of carbonyl (C=O) groups is 1. The van der Waals surface area contributed by atoms with E-state index >= 15 is 4.39 Å². The van der Waals surface area contributed by atoms with Crippen LogP contribution in [-0.4, -0.2) is 103 Å². The van der Waals surface area contributed by atoms with E-state index in [9.17, 15) is 18.8 Å². The van der Waals surface area contributed by atoms with Crippen LogP contribution in [0.2, 0.25) is 5.02 Å². The zero-order valence-electron chi connectivity index (χ0n) is 27.0. The Bertz CT molecular complexity index is 2300. The van der Waals surface area contributed by atoms with Crippen LogP contribution in [0.25, 0.3) is 32.1 Å². The maximum atomic E-state index is 17.1. The predicted molar refractivity (Wildman–Crippen MR) is 182 cm³/mol. The van der Waals surface area contributed by atoms with E-state index in [0.29, 0.717) is 50.2 Å². The van der Waals surface area contributed by atoms with Crippen LogP contribution in [0.1, 0.15) is 37.7 Å². The first-order chi connectivity index (χ1) is 24.6. The van der Waals surface area contributed by atoms with Gasteiger partial charge in [-0.3, -0.25) is 4.90 Å². The van der Waals surface area contributed by atoms with Gasteiger partial charge in [-0.25, -0.2) is 18.0 Å². The van der Waals surface area contributed by atoms with Gasteiger partial charge in [0.1, 0.15) is 47.3 Å². The fourth-order valence-corrected chi connectivity index (χ4v) is 9.78. The number of amides is 1. The Kier molecular flexibility index (Phi) is 7.32. The number of benzene rings is 2. The molecule has 3 atom stereocenters. The zero-order valence-corrected chi connectivity index (χ0v) is 28.5. The zero-order chi connectivity index (χ0) is 35.2. The molecule has 0 aliphatic carbocycles. The molecule has 4 saturated heterocycles. The summed E-state index contributed by atoms with van der Waals surface area (Å²) in [4.78, 5) is 28.4. The Balaban J connectivity index is 1.16. The molecule has 0 radical (unpaired) electrons. The Labute approximate surface area is 297 Å². The van der Waals surface area contributed by atoms with Gasteiger partial charge in [0.05, 0.1) is 26.4 Å². The number of hydrogen-bond acceptors (Lipinski definition) is 12. The van der Waals surface area contributed by atoms with Crippen LogP contribution >= 0.6 is 22.9 Å². The number of rotatable bonds is 5. The molecule has 0 saturated carbocycles. The molecule has 3 aromatic heterocycles. The molecule has 4 aliphatic rings. The van der Waals surface area contributed by atoms with Gasteiger partial charge in [0.25, 0.3) is 0 Å². The normalized spacial score (nSPS) is 24.5. The van der Waals surface area contributed by atoms with Gasteiger partial charge in [0.15, 0.2) is 5.82 Å². The molecule has 2 aromatic carbocycles. The van der Waals surface area contributed by atoms with E-state index in [1.54, 1.807) is 11.0 Å². The first-order valence-corrected chi connectivity index (χ1v) is 17.7. The molecule has 13 nitrogen and oxygen atoms in total. The standard InChI is InChI=1S/C33H29ClF3N11O2S/c34-21-10-19-26(25(37)24(21)18-2-3-22(36)27-23(18)20(12-38)28(39)51-27)41-30(50-15-33-4-1-7-46(33)13-17(35)11-33)42-29(19)45-8-5-32(14-45)6-9-47(32)31(49)48-16-40-43-44-48/h2-3,10,16-17H,1,4-9,11,13-15,39H2/t17-,32?,33+/m1/s1. The molecule has 262 valence electrons. The second kappa shape index (κ2) is 11.6. The van der Waals surface area contributed by atoms with Crippen molar-refractivity contribution in [2.24, 2.45) is 0 Å². The largest absolute Gasteiger partial charge is 0.461 e. The maximum absolute atomic E-state index is 17.1. The molecule has 4 aliphatic heterocycles. The van der Waals surface area contributed by atoms with Crippen molar-refractivity contribution in [3.05, 3.63) is 46.7 Å². The highest BCUT2D eigenvalue weighted by atomic mass is 35.5. The number of likely N-dealkylation sites (tertiary alicyclic amines) is 1. The number of nitrogens with two attached hydrogens (primary N) is 1. The van der Waals surface area contributed by atoms with Crippen molar-refractivity contribution in [1.29, 1.82) is 5.26 Å².